The third-order valence-corrected chi connectivity index (χ3v) is 10.5. The maximum absolute atomic E-state index is 13.9. The number of likely N-dealkylation sites (N-methyl/N-ethyl adjacent to an activating group) is 1. The van der Waals surface area contributed by atoms with Crippen molar-refractivity contribution in [3.8, 4) is 11.5 Å². The van der Waals surface area contributed by atoms with E-state index in [9.17, 15) is 48.9 Å². The van der Waals surface area contributed by atoms with E-state index in [4.69, 9.17) is 5.84 Å². The van der Waals surface area contributed by atoms with Gasteiger partial charge in [0.1, 0.15) is 17.1 Å². The quantitative estimate of drug-likeness (QED) is 0.0197. The Morgan fingerprint density at radius 1 is 1.12 bits per heavy atom. The third kappa shape index (κ3) is 6.51. The van der Waals surface area contributed by atoms with Crippen LogP contribution in [0.5, 0.6) is 11.5 Å². The lowest BCUT2D eigenvalue weighted by atomic mass is 9.94. The van der Waals surface area contributed by atoms with Gasteiger partial charge in [-0.1, -0.05) is 10.7 Å². The molecule has 2 fully saturated rings. The van der Waals surface area contributed by atoms with E-state index in [0.29, 0.717) is 10.5 Å². The molecule has 4 heterocycles. The summed E-state index contributed by atoms with van der Waals surface area (Å²) in [6.45, 7) is 1.74. The number of nitrogen functional groups attached to an aromatic ring is 1. The predicted molar refractivity (Wildman–Crippen MR) is 170 cm³/mol. The summed E-state index contributed by atoms with van der Waals surface area (Å²) in [7, 11) is 0. The molecule has 5 rings (SSSR count). The number of phenols is 2. The van der Waals surface area contributed by atoms with E-state index in [0.717, 1.165) is 33.7 Å². The molecule has 7 amide bonds. The van der Waals surface area contributed by atoms with Crippen LogP contribution < -0.4 is 26.5 Å². The number of imide groups is 1. The SMILES string of the molecule is CCN1CCN(C(=O)N[C@@H](C(=O)N[C@]2(NC=O)C(=O)N3C(C(=O)O)=C(CSc4cc[n+](N)cc4)CS[C@@H]32)c2ccc(O)c(O)c2)C(=O)C1=O. The Bertz CT molecular complexity index is 1770. The minimum Gasteiger partial charge on any atom is -0.504 e. The summed E-state index contributed by atoms with van der Waals surface area (Å²) in [5.74, 6) is -0.824. The van der Waals surface area contributed by atoms with Crippen LogP contribution in [0.15, 0.2) is 58.9 Å². The van der Waals surface area contributed by atoms with Crippen molar-refractivity contribution in [1.29, 1.82) is 0 Å². The van der Waals surface area contributed by atoms with Gasteiger partial charge in [-0.25, -0.2) is 15.4 Å². The van der Waals surface area contributed by atoms with Gasteiger partial charge in [0.2, 0.25) is 18.0 Å². The number of aromatic nitrogens is 1. The lowest BCUT2D eigenvalue weighted by Gasteiger charge is -2.56. The standard InChI is InChI=1S/C29H30N8O10S2/c1-2-34-9-10-36(24(43)23(34)42)28(47)32-20(15-3-4-18(39)19(40)11-15)22(41)33-29(31-14-38)26(46)37-21(25(44)45)16(13-49-27(29)37)12-48-17-5-7-35(30)8-6-17/h3-8,11,14,20,27H,2,9-10,12-13,30H2,1H3,(H5-,31,32,33,38,39,40,41,42,43,44,45,47)/p+1/t20-,27-,29-/m1/s1. The van der Waals surface area contributed by atoms with Gasteiger partial charge in [0.15, 0.2) is 23.9 Å². The number of carboxylic acid groups (broad SMARTS) is 1. The normalized spacial score (nSPS) is 21.0. The number of urea groups is 1. The van der Waals surface area contributed by atoms with Crippen molar-refractivity contribution in [3.05, 3.63) is 59.6 Å². The molecule has 258 valence electrons. The molecule has 0 radical (unpaired) electrons. The second-order valence-corrected chi connectivity index (χ2v) is 13.0. The van der Waals surface area contributed by atoms with Gasteiger partial charge in [0.05, 0.1) is 0 Å². The fraction of sp³-hybridized carbons (Fsp3) is 0.310. The van der Waals surface area contributed by atoms with Gasteiger partial charge in [-0.15, -0.1) is 23.5 Å². The first-order chi connectivity index (χ1) is 23.3. The highest BCUT2D eigenvalue weighted by Crippen LogP contribution is 2.46. The largest absolute Gasteiger partial charge is 0.504 e. The van der Waals surface area contributed by atoms with Gasteiger partial charge in [0, 0.05) is 48.2 Å². The maximum Gasteiger partial charge on any atom is 0.352 e. The number of carbonyl (C=O) groups is 7. The number of hydrogen-bond donors (Lipinski definition) is 7. The zero-order valence-electron chi connectivity index (χ0n) is 25.7. The smallest absolute Gasteiger partial charge is 0.352 e. The molecule has 2 aromatic rings. The molecule has 0 aliphatic carbocycles. The molecule has 1 aromatic heterocycles. The average Bonchev–Trinajstić information content (AvgIpc) is 3.08. The van der Waals surface area contributed by atoms with E-state index in [1.54, 1.807) is 31.5 Å². The molecule has 0 spiro atoms. The van der Waals surface area contributed by atoms with Crippen molar-refractivity contribution in [2.45, 2.75) is 28.9 Å². The second kappa shape index (κ2) is 13.9. The van der Waals surface area contributed by atoms with Gasteiger partial charge >= 0.3 is 23.8 Å². The van der Waals surface area contributed by atoms with Crippen LogP contribution in [-0.4, -0.2) is 114 Å². The number of amides is 7. The van der Waals surface area contributed by atoms with Crippen molar-refractivity contribution in [3.63, 3.8) is 0 Å². The molecule has 0 unspecified atom stereocenters. The number of nitrogens with two attached hydrogens (primary N) is 1. The number of aromatic hydroxyl groups is 2. The van der Waals surface area contributed by atoms with Crippen molar-refractivity contribution in [2.24, 2.45) is 0 Å². The third-order valence-electron chi connectivity index (χ3n) is 8.00. The fourth-order valence-electron chi connectivity index (χ4n) is 5.46. The van der Waals surface area contributed by atoms with Crippen LogP contribution in [0.3, 0.4) is 0 Å². The number of aliphatic carboxylic acids is 1. The average molecular weight is 716 g/mol. The molecule has 18 nitrogen and oxygen atoms in total. The first-order valence-corrected chi connectivity index (χ1v) is 16.6. The van der Waals surface area contributed by atoms with Crippen LogP contribution in [0.4, 0.5) is 4.79 Å². The number of thioether (sulfide) groups is 2. The molecule has 20 heteroatoms. The molecule has 3 aliphatic rings. The van der Waals surface area contributed by atoms with Crippen LogP contribution in [0.2, 0.25) is 0 Å². The topological polar surface area (TPSA) is 256 Å². The molecule has 3 aliphatic heterocycles. The number of piperazine rings is 1. The van der Waals surface area contributed by atoms with Crippen LogP contribution in [0.25, 0.3) is 0 Å². The van der Waals surface area contributed by atoms with Crippen molar-refractivity contribution >= 4 is 65.6 Å². The number of carbonyl (C=O) groups excluding carboxylic acids is 6. The summed E-state index contributed by atoms with van der Waals surface area (Å²) in [5, 5.41) is 36.0. The van der Waals surface area contributed by atoms with E-state index in [1.165, 1.54) is 27.4 Å². The van der Waals surface area contributed by atoms with Crippen LogP contribution in [0.1, 0.15) is 18.5 Å². The molecule has 49 heavy (non-hydrogen) atoms. The number of pyridine rings is 1. The molecule has 0 bridgehead atoms. The lowest BCUT2D eigenvalue weighted by Crippen LogP contribution is -2.85. The molecule has 8 N–H and O–H groups in total. The summed E-state index contributed by atoms with van der Waals surface area (Å²) >= 11 is 2.39. The lowest BCUT2D eigenvalue weighted by molar-refractivity contribution is -0.639. The van der Waals surface area contributed by atoms with E-state index < -0.39 is 64.2 Å². The van der Waals surface area contributed by atoms with Crippen LogP contribution in [0, 0.1) is 0 Å². The highest BCUT2D eigenvalue weighted by atomic mass is 32.2. The maximum atomic E-state index is 13.9. The Kier molecular flexibility index (Phi) is 9.90. The number of nitrogens with zero attached hydrogens (tertiary/aromatic N) is 4. The molecule has 0 saturated carbocycles. The number of phenolic OH excluding ortho intramolecular Hbond substituents is 2. The number of fused-ring (bicyclic) bond motifs is 1. The monoisotopic (exact) mass is 715 g/mol. The highest BCUT2D eigenvalue weighted by Gasteiger charge is 2.66. The zero-order valence-corrected chi connectivity index (χ0v) is 27.3. The molecule has 1 aromatic carbocycles. The highest BCUT2D eigenvalue weighted by molar-refractivity contribution is 8.01. The Labute approximate surface area is 286 Å². The first kappa shape index (κ1) is 34.8. The van der Waals surface area contributed by atoms with Gasteiger partial charge in [-0.3, -0.25) is 33.8 Å². The minimum atomic E-state index is -2.17. The summed E-state index contributed by atoms with van der Waals surface area (Å²) in [5.41, 5.74) is -2.18. The van der Waals surface area contributed by atoms with Crippen molar-refractivity contribution in [2.75, 3.05) is 37.0 Å². The van der Waals surface area contributed by atoms with Crippen LogP contribution >= 0.6 is 23.5 Å². The van der Waals surface area contributed by atoms with E-state index >= 15 is 0 Å². The van der Waals surface area contributed by atoms with Gasteiger partial charge < -0.3 is 36.2 Å². The molecule has 2 saturated heterocycles. The fourth-order valence-corrected chi connectivity index (χ4v) is 7.91. The number of rotatable bonds is 11. The Morgan fingerprint density at radius 2 is 1.84 bits per heavy atom. The molecule has 3 atom stereocenters. The van der Waals surface area contributed by atoms with Gasteiger partial charge in [0.25, 0.3) is 5.91 Å². The van der Waals surface area contributed by atoms with Gasteiger partial charge in [-0.2, -0.15) is 0 Å². The van der Waals surface area contributed by atoms with E-state index in [1.807, 2.05) is 0 Å². The van der Waals surface area contributed by atoms with E-state index in [-0.39, 0.29) is 48.8 Å². The second-order valence-electron chi connectivity index (χ2n) is 10.9. The van der Waals surface area contributed by atoms with Crippen molar-refractivity contribution in [1.82, 2.24) is 30.7 Å². The summed E-state index contributed by atoms with van der Waals surface area (Å²) in [4.78, 5) is 94.0. The number of carboxylic acids is 1. The Hall–Kier alpha value is -5.50. The number of nitrogens with one attached hydrogen (secondary N) is 3. The van der Waals surface area contributed by atoms with E-state index in [2.05, 4.69) is 16.0 Å². The summed E-state index contributed by atoms with van der Waals surface area (Å²) < 4.78 is 1.34. The summed E-state index contributed by atoms with van der Waals surface area (Å²) in [6.07, 6.45) is 3.38. The zero-order chi connectivity index (χ0) is 35.6. The number of β-lactam (4-membered cyclic amide) rings is 1. The predicted octanol–water partition coefficient (Wildman–Crippen LogP) is -1.85. The number of hydrogen-bond acceptors (Lipinski definition) is 12. The Morgan fingerprint density at radius 3 is 2.47 bits per heavy atom. The molecular weight excluding hydrogens is 684 g/mol. The number of benzene rings is 1. The van der Waals surface area contributed by atoms with Crippen LogP contribution in [-0.2, 0) is 28.8 Å². The van der Waals surface area contributed by atoms with Crippen molar-refractivity contribution < 1.29 is 53.6 Å². The Balaban J connectivity index is 1.42. The minimum absolute atomic E-state index is 0.0416. The summed E-state index contributed by atoms with van der Waals surface area (Å²) in [6, 6.07) is 3.73. The first-order valence-electron chi connectivity index (χ1n) is 14.6. The van der Waals surface area contributed by atoms with Gasteiger partial charge in [-0.05, 0) is 30.2 Å². The molecular formula is C29H31N8O10S2+.